The molecule has 8 heteroatoms. The third-order valence-electron chi connectivity index (χ3n) is 5.51. The largest absolute Gasteiger partial charge is 0.345 e. The lowest BCUT2D eigenvalue weighted by molar-refractivity contribution is -0.136. The van der Waals surface area contributed by atoms with Crippen molar-refractivity contribution < 1.29 is 23.9 Å². The van der Waals surface area contributed by atoms with Crippen molar-refractivity contribution in [3.05, 3.63) is 53.3 Å². The molecule has 1 aromatic heterocycles. The quantitative estimate of drug-likeness (QED) is 0.795. The van der Waals surface area contributed by atoms with Gasteiger partial charge in [-0.15, -0.1) is 0 Å². The maximum atomic E-state index is 12.9. The summed E-state index contributed by atoms with van der Waals surface area (Å²) in [4.78, 5) is 42.5. The number of rotatable bonds is 3. The molecule has 0 spiro atoms. The molecule has 0 bridgehead atoms. The summed E-state index contributed by atoms with van der Waals surface area (Å²) >= 11 is 0. The smallest absolute Gasteiger partial charge is 0.255 e. The predicted molar refractivity (Wildman–Crippen MR) is 100 cm³/mol. The van der Waals surface area contributed by atoms with E-state index in [0.29, 0.717) is 37.4 Å². The summed E-state index contributed by atoms with van der Waals surface area (Å²) in [6.07, 6.45) is 1.91. The van der Waals surface area contributed by atoms with Gasteiger partial charge < -0.3 is 14.4 Å². The first kappa shape index (κ1) is 18.0. The molecule has 1 atom stereocenters. The lowest BCUT2D eigenvalue weighted by Crippen LogP contribution is -2.52. The van der Waals surface area contributed by atoms with Gasteiger partial charge in [0.25, 0.3) is 5.91 Å². The van der Waals surface area contributed by atoms with Gasteiger partial charge >= 0.3 is 0 Å². The zero-order valence-electron chi connectivity index (χ0n) is 15.6. The summed E-state index contributed by atoms with van der Waals surface area (Å²) in [5.74, 6) is -0.880. The van der Waals surface area contributed by atoms with Crippen LogP contribution >= 0.6 is 0 Å². The number of nitrogens with one attached hydrogen (secondary N) is 1. The van der Waals surface area contributed by atoms with Crippen molar-refractivity contribution in [2.45, 2.75) is 31.7 Å². The first-order valence-electron chi connectivity index (χ1n) is 9.57. The third kappa shape index (κ3) is 3.20. The fraction of sp³-hybridized carbons (Fsp3) is 0.333. The molecule has 1 unspecified atom stereocenters. The van der Waals surface area contributed by atoms with E-state index < -0.39 is 18.2 Å². The van der Waals surface area contributed by atoms with Gasteiger partial charge in [-0.3, -0.25) is 24.7 Å². The molecule has 29 heavy (non-hydrogen) atoms. The second-order valence-corrected chi connectivity index (χ2v) is 7.32. The zero-order chi connectivity index (χ0) is 20.0. The summed E-state index contributed by atoms with van der Waals surface area (Å²) in [6.45, 7) is 1.49. The molecule has 3 amide bonds. The number of nitrogens with zero attached hydrogens (tertiary/aromatic N) is 2. The van der Waals surface area contributed by atoms with Crippen molar-refractivity contribution in [1.82, 2.24) is 15.2 Å². The Balaban J connectivity index is 1.37. The highest BCUT2D eigenvalue weighted by Crippen LogP contribution is 2.31. The van der Waals surface area contributed by atoms with E-state index in [-0.39, 0.29) is 18.2 Å². The average molecular weight is 393 g/mol. The number of hydrogen-bond acceptors (Lipinski definition) is 6. The van der Waals surface area contributed by atoms with E-state index in [1.165, 1.54) is 0 Å². The topological polar surface area (TPSA) is 97.8 Å². The van der Waals surface area contributed by atoms with Crippen LogP contribution in [0, 0.1) is 0 Å². The first-order valence-corrected chi connectivity index (χ1v) is 9.57. The number of ether oxygens (including phenoxy) is 2. The lowest BCUT2D eigenvalue weighted by Gasteiger charge is -2.29. The minimum atomic E-state index is -0.608. The number of benzene rings is 1. The van der Waals surface area contributed by atoms with E-state index in [0.717, 1.165) is 16.7 Å². The number of fused-ring (bicyclic) bond motifs is 1. The first-order chi connectivity index (χ1) is 14.1. The van der Waals surface area contributed by atoms with E-state index in [1.807, 2.05) is 30.3 Å². The Hall–Kier alpha value is -3.10. The maximum absolute atomic E-state index is 12.9. The molecule has 2 saturated heterocycles. The van der Waals surface area contributed by atoms with Gasteiger partial charge in [0.15, 0.2) is 0 Å². The van der Waals surface area contributed by atoms with Gasteiger partial charge in [0.05, 0.1) is 18.9 Å². The molecule has 2 aromatic rings. The standard InChI is InChI=1S/C21H19N3O5/c25-18-6-5-17(19(26)23-18)24-11-14-2-1-12(9-15(14)20(24)27)13-3-4-16(22-10-13)21-28-7-8-29-21/h1-4,9-10,17,21H,5-8,11H2,(H,23,25,26). The molecule has 5 rings (SSSR count). The second kappa shape index (κ2) is 7.06. The van der Waals surface area contributed by atoms with E-state index in [2.05, 4.69) is 10.3 Å². The maximum Gasteiger partial charge on any atom is 0.255 e. The number of carbonyl (C=O) groups excluding carboxylic acids is 3. The van der Waals surface area contributed by atoms with Crippen molar-refractivity contribution in [2.75, 3.05) is 13.2 Å². The van der Waals surface area contributed by atoms with E-state index in [1.54, 1.807) is 11.1 Å². The SMILES string of the molecule is O=C1CCC(N2Cc3ccc(-c4ccc(C5OCCO5)nc4)cc3C2=O)C(=O)N1. The van der Waals surface area contributed by atoms with Crippen LogP contribution in [0.3, 0.4) is 0 Å². The predicted octanol–water partition coefficient (Wildman–Crippen LogP) is 1.55. The van der Waals surface area contributed by atoms with Crippen LogP contribution in [0.25, 0.3) is 11.1 Å². The number of pyridine rings is 1. The molecule has 3 aliphatic rings. The van der Waals surface area contributed by atoms with Crippen LogP contribution in [0.2, 0.25) is 0 Å². The molecule has 1 N–H and O–H groups in total. The normalized spacial score (nSPS) is 22.1. The zero-order valence-corrected chi connectivity index (χ0v) is 15.6. The number of aromatic nitrogens is 1. The van der Waals surface area contributed by atoms with Crippen LogP contribution in [0.5, 0.6) is 0 Å². The van der Waals surface area contributed by atoms with Crippen LogP contribution in [0.15, 0.2) is 36.5 Å². The van der Waals surface area contributed by atoms with Gasteiger partial charge in [0.1, 0.15) is 6.04 Å². The molecular weight excluding hydrogens is 374 g/mol. The van der Waals surface area contributed by atoms with Crippen LogP contribution < -0.4 is 5.32 Å². The highest BCUT2D eigenvalue weighted by atomic mass is 16.7. The monoisotopic (exact) mass is 393 g/mol. The summed E-state index contributed by atoms with van der Waals surface area (Å²) in [5.41, 5.74) is 3.92. The number of amides is 3. The average Bonchev–Trinajstić information content (AvgIpc) is 3.37. The fourth-order valence-corrected chi connectivity index (χ4v) is 3.98. The van der Waals surface area contributed by atoms with Gasteiger partial charge in [-0.1, -0.05) is 18.2 Å². The van der Waals surface area contributed by atoms with Gasteiger partial charge in [0, 0.05) is 30.3 Å². The van der Waals surface area contributed by atoms with Crippen molar-refractivity contribution in [3.63, 3.8) is 0 Å². The number of piperidine rings is 1. The Morgan fingerprint density at radius 2 is 1.83 bits per heavy atom. The van der Waals surface area contributed by atoms with E-state index >= 15 is 0 Å². The number of carbonyl (C=O) groups is 3. The highest BCUT2D eigenvalue weighted by molar-refractivity contribution is 6.05. The van der Waals surface area contributed by atoms with Crippen LogP contribution in [-0.2, 0) is 25.6 Å². The van der Waals surface area contributed by atoms with Gasteiger partial charge in [0.2, 0.25) is 18.1 Å². The molecule has 3 aliphatic heterocycles. The van der Waals surface area contributed by atoms with Gasteiger partial charge in [-0.05, 0) is 29.7 Å². The lowest BCUT2D eigenvalue weighted by atomic mass is 10.0. The summed E-state index contributed by atoms with van der Waals surface area (Å²) < 4.78 is 10.9. The molecule has 2 fully saturated rings. The Labute approximate surface area is 166 Å². The second-order valence-electron chi connectivity index (χ2n) is 7.32. The van der Waals surface area contributed by atoms with Crippen LogP contribution in [-0.4, -0.2) is 46.9 Å². The molecule has 8 nitrogen and oxygen atoms in total. The molecule has 0 saturated carbocycles. The number of hydrogen-bond donors (Lipinski definition) is 1. The Morgan fingerprint density at radius 1 is 1.03 bits per heavy atom. The van der Waals surface area contributed by atoms with Crippen LogP contribution in [0.4, 0.5) is 0 Å². The number of imide groups is 1. The molecule has 1 aromatic carbocycles. The third-order valence-corrected chi connectivity index (χ3v) is 5.51. The fourth-order valence-electron chi connectivity index (χ4n) is 3.98. The Morgan fingerprint density at radius 3 is 2.55 bits per heavy atom. The van der Waals surface area contributed by atoms with E-state index in [9.17, 15) is 14.4 Å². The Bertz CT molecular complexity index is 998. The van der Waals surface area contributed by atoms with Crippen molar-refractivity contribution in [2.24, 2.45) is 0 Å². The van der Waals surface area contributed by atoms with Crippen molar-refractivity contribution in [3.8, 4) is 11.1 Å². The highest BCUT2D eigenvalue weighted by Gasteiger charge is 2.39. The Kier molecular flexibility index (Phi) is 4.37. The summed E-state index contributed by atoms with van der Waals surface area (Å²) in [6, 6.07) is 8.86. The van der Waals surface area contributed by atoms with E-state index in [4.69, 9.17) is 9.47 Å². The minimum absolute atomic E-state index is 0.186. The molecule has 0 aliphatic carbocycles. The van der Waals surface area contributed by atoms with Gasteiger partial charge in [-0.25, -0.2) is 0 Å². The molecular formula is C21H19N3O5. The van der Waals surface area contributed by atoms with Crippen molar-refractivity contribution in [1.29, 1.82) is 0 Å². The molecule has 148 valence electrons. The van der Waals surface area contributed by atoms with Crippen molar-refractivity contribution >= 4 is 17.7 Å². The minimum Gasteiger partial charge on any atom is -0.345 e. The summed E-state index contributed by atoms with van der Waals surface area (Å²) in [7, 11) is 0. The molecule has 4 heterocycles. The van der Waals surface area contributed by atoms with Gasteiger partial charge in [-0.2, -0.15) is 0 Å². The van der Waals surface area contributed by atoms with Crippen LogP contribution in [0.1, 0.15) is 40.7 Å². The summed E-state index contributed by atoms with van der Waals surface area (Å²) in [5, 5.41) is 2.32. The molecule has 0 radical (unpaired) electrons.